The number of para-hydroxylation sites is 2. The van der Waals surface area contributed by atoms with Gasteiger partial charge < -0.3 is 19.7 Å². The van der Waals surface area contributed by atoms with E-state index in [-0.39, 0.29) is 5.97 Å². The van der Waals surface area contributed by atoms with Crippen molar-refractivity contribution in [2.24, 2.45) is 0 Å². The predicted octanol–water partition coefficient (Wildman–Crippen LogP) is 7.77. The largest absolute Gasteiger partial charge is 0.456 e. The second-order valence-corrected chi connectivity index (χ2v) is 9.50. The standard InChI is InChI=1S/C33H24N2O3/c1-35(24-12-6-3-7-13-24)25-17-18-28-31(21-25)37-30-19-16-23(34-22-10-4-2-5-11-22)20-29(30)33(28)27-15-9-8-14-26(27)32(36)38-33/h2-21,34H,1H3. The Balaban J connectivity index is 1.40. The van der Waals surface area contributed by atoms with E-state index < -0.39 is 5.60 Å². The minimum absolute atomic E-state index is 0.341. The molecule has 1 atom stereocenters. The Labute approximate surface area is 220 Å². The molecule has 0 saturated heterocycles. The summed E-state index contributed by atoms with van der Waals surface area (Å²) >= 11 is 0. The molecule has 5 aromatic carbocycles. The Morgan fingerprint density at radius 3 is 2.18 bits per heavy atom. The summed E-state index contributed by atoms with van der Waals surface area (Å²) in [4.78, 5) is 15.3. The zero-order valence-electron chi connectivity index (χ0n) is 20.7. The SMILES string of the molecule is CN(c1ccccc1)c1ccc2c(c1)Oc1ccc(Nc3ccccc3)cc1C21OC(=O)c2ccccc21. The number of hydrogen-bond donors (Lipinski definition) is 1. The number of fused-ring (bicyclic) bond motifs is 6. The molecule has 184 valence electrons. The number of benzene rings is 5. The molecule has 7 rings (SSSR count). The van der Waals surface area contributed by atoms with Crippen LogP contribution in [0.25, 0.3) is 0 Å². The van der Waals surface area contributed by atoms with Gasteiger partial charge in [-0.15, -0.1) is 0 Å². The van der Waals surface area contributed by atoms with Crippen molar-refractivity contribution in [3.8, 4) is 11.5 Å². The summed E-state index contributed by atoms with van der Waals surface area (Å²) in [6.45, 7) is 0. The molecule has 0 saturated carbocycles. The number of esters is 1. The molecule has 0 aliphatic carbocycles. The van der Waals surface area contributed by atoms with Crippen LogP contribution in [-0.2, 0) is 10.3 Å². The van der Waals surface area contributed by atoms with Gasteiger partial charge in [0.15, 0.2) is 5.60 Å². The van der Waals surface area contributed by atoms with Crippen molar-refractivity contribution in [3.63, 3.8) is 0 Å². The third kappa shape index (κ3) is 3.36. The Bertz CT molecular complexity index is 1680. The molecule has 2 aliphatic heterocycles. The first-order valence-electron chi connectivity index (χ1n) is 12.5. The normalized spacial score (nSPS) is 16.6. The molecule has 5 nitrogen and oxygen atoms in total. The summed E-state index contributed by atoms with van der Waals surface area (Å²) < 4.78 is 12.8. The molecule has 0 amide bonds. The second-order valence-electron chi connectivity index (χ2n) is 9.50. The van der Waals surface area contributed by atoms with Gasteiger partial charge in [-0.3, -0.25) is 0 Å². The highest BCUT2D eigenvalue weighted by Crippen LogP contribution is 2.57. The lowest BCUT2D eigenvalue weighted by atomic mass is 9.77. The molecule has 2 aliphatic rings. The molecule has 1 N–H and O–H groups in total. The Kier molecular flexibility index (Phi) is 4.98. The van der Waals surface area contributed by atoms with Gasteiger partial charge in [0.25, 0.3) is 0 Å². The molecule has 1 spiro atoms. The highest BCUT2D eigenvalue weighted by molar-refractivity contribution is 5.97. The highest BCUT2D eigenvalue weighted by atomic mass is 16.6. The zero-order valence-corrected chi connectivity index (χ0v) is 20.7. The topological polar surface area (TPSA) is 50.8 Å². The van der Waals surface area contributed by atoms with Crippen LogP contribution >= 0.6 is 0 Å². The fraction of sp³-hybridized carbons (Fsp3) is 0.0606. The van der Waals surface area contributed by atoms with Gasteiger partial charge >= 0.3 is 5.97 Å². The molecule has 5 aromatic rings. The quantitative estimate of drug-likeness (QED) is 0.258. The number of nitrogens with zero attached hydrogens (tertiary/aromatic N) is 1. The van der Waals surface area contributed by atoms with Crippen LogP contribution in [0.15, 0.2) is 121 Å². The molecular weight excluding hydrogens is 472 g/mol. The number of anilines is 4. The molecule has 0 aromatic heterocycles. The molecule has 0 fully saturated rings. The van der Waals surface area contributed by atoms with Gasteiger partial charge in [-0.05, 0) is 60.7 Å². The van der Waals surface area contributed by atoms with E-state index >= 15 is 0 Å². The van der Waals surface area contributed by atoms with Crippen molar-refractivity contribution >= 4 is 28.7 Å². The summed E-state index contributed by atoms with van der Waals surface area (Å²) in [5.41, 5.74) is 5.72. The van der Waals surface area contributed by atoms with Crippen LogP contribution in [0.1, 0.15) is 27.0 Å². The van der Waals surface area contributed by atoms with Crippen LogP contribution in [0.2, 0.25) is 0 Å². The minimum Gasteiger partial charge on any atom is -0.456 e. The van der Waals surface area contributed by atoms with Crippen molar-refractivity contribution in [2.45, 2.75) is 5.60 Å². The average Bonchev–Trinajstić information content (AvgIpc) is 3.26. The lowest BCUT2D eigenvalue weighted by Gasteiger charge is -2.37. The van der Waals surface area contributed by atoms with E-state index in [2.05, 4.69) is 22.3 Å². The maximum Gasteiger partial charge on any atom is 0.340 e. The summed E-state index contributed by atoms with van der Waals surface area (Å²) in [5, 5.41) is 3.46. The fourth-order valence-electron chi connectivity index (χ4n) is 5.44. The van der Waals surface area contributed by atoms with Gasteiger partial charge in [-0.1, -0.05) is 54.6 Å². The van der Waals surface area contributed by atoms with E-state index in [9.17, 15) is 4.79 Å². The summed E-state index contributed by atoms with van der Waals surface area (Å²) in [6, 6.07) is 39.7. The highest BCUT2D eigenvalue weighted by Gasteiger charge is 2.53. The van der Waals surface area contributed by atoms with E-state index in [1.807, 2.05) is 116 Å². The molecule has 38 heavy (non-hydrogen) atoms. The molecule has 2 heterocycles. The van der Waals surface area contributed by atoms with Gasteiger partial charge in [0.1, 0.15) is 11.5 Å². The second kappa shape index (κ2) is 8.53. The summed E-state index contributed by atoms with van der Waals surface area (Å²) in [6.07, 6.45) is 0. The number of hydrogen-bond acceptors (Lipinski definition) is 5. The third-order valence-electron chi connectivity index (χ3n) is 7.29. The van der Waals surface area contributed by atoms with Crippen molar-refractivity contribution < 1.29 is 14.3 Å². The predicted molar refractivity (Wildman–Crippen MR) is 149 cm³/mol. The van der Waals surface area contributed by atoms with Gasteiger partial charge in [0.2, 0.25) is 0 Å². The van der Waals surface area contributed by atoms with E-state index in [1.165, 1.54) is 0 Å². The zero-order chi connectivity index (χ0) is 25.7. The van der Waals surface area contributed by atoms with Crippen LogP contribution in [0, 0.1) is 0 Å². The molecule has 5 heteroatoms. The van der Waals surface area contributed by atoms with E-state index in [0.717, 1.165) is 39.4 Å². The maximum absolute atomic E-state index is 13.2. The van der Waals surface area contributed by atoms with Crippen molar-refractivity contribution in [3.05, 3.63) is 144 Å². The van der Waals surface area contributed by atoms with Crippen LogP contribution in [0.4, 0.5) is 22.7 Å². The Morgan fingerprint density at radius 2 is 1.37 bits per heavy atom. The number of carbonyl (C=O) groups is 1. The lowest BCUT2D eigenvalue weighted by molar-refractivity contribution is 0.0224. The van der Waals surface area contributed by atoms with Gasteiger partial charge in [0, 0.05) is 52.6 Å². The van der Waals surface area contributed by atoms with Crippen LogP contribution in [0.5, 0.6) is 11.5 Å². The Morgan fingerprint density at radius 1 is 0.632 bits per heavy atom. The monoisotopic (exact) mass is 496 g/mol. The number of ether oxygens (including phenoxy) is 2. The van der Waals surface area contributed by atoms with Crippen LogP contribution < -0.4 is 15.0 Å². The minimum atomic E-state index is -1.12. The van der Waals surface area contributed by atoms with Crippen LogP contribution in [0.3, 0.4) is 0 Å². The van der Waals surface area contributed by atoms with Crippen molar-refractivity contribution in [1.82, 2.24) is 0 Å². The van der Waals surface area contributed by atoms with E-state index in [0.29, 0.717) is 17.1 Å². The van der Waals surface area contributed by atoms with E-state index in [4.69, 9.17) is 9.47 Å². The summed E-state index contributed by atoms with van der Waals surface area (Å²) in [7, 11) is 2.02. The average molecular weight is 497 g/mol. The molecule has 0 radical (unpaired) electrons. The van der Waals surface area contributed by atoms with E-state index in [1.54, 1.807) is 0 Å². The maximum atomic E-state index is 13.2. The van der Waals surface area contributed by atoms with Gasteiger partial charge in [-0.25, -0.2) is 4.79 Å². The first-order chi connectivity index (χ1) is 18.6. The fourth-order valence-corrected chi connectivity index (χ4v) is 5.44. The third-order valence-corrected chi connectivity index (χ3v) is 7.29. The number of carbonyl (C=O) groups excluding carboxylic acids is 1. The van der Waals surface area contributed by atoms with Crippen LogP contribution in [-0.4, -0.2) is 13.0 Å². The Hall–Kier alpha value is -5.03. The first-order valence-corrected chi connectivity index (χ1v) is 12.5. The van der Waals surface area contributed by atoms with Crippen molar-refractivity contribution in [2.75, 3.05) is 17.3 Å². The lowest BCUT2D eigenvalue weighted by Crippen LogP contribution is -2.33. The van der Waals surface area contributed by atoms with Gasteiger partial charge in [-0.2, -0.15) is 0 Å². The number of rotatable bonds is 4. The molecule has 0 bridgehead atoms. The van der Waals surface area contributed by atoms with Crippen molar-refractivity contribution in [1.29, 1.82) is 0 Å². The van der Waals surface area contributed by atoms with Gasteiger partial charge in [0.05, 0.1) is 5.56 Å². The smallest absolute Gasteiger partial charge is 0.340 e. The first kappa shape index (κ1) is 22.2. The molecular formula is C33H24N2O3. The molecule has 1 unspecified atom stereocenters. The summed E-state index contributed by atoms with van der Waals surface area (Å²) in [5.74, 6) is 0.970. The number of nitrogens with one attached hydrogen (secondary N) is 1.